The van der Waals surface area contributed by atoms with Crippen molar-refractivity contribution in [1.82, 2.24) is 14.9 Å². The Morgan fingerprint density at radius 1 is 1.12 bits per heavy atom. The van der Waals surface area contributed by atoms with Gasteiger partial charge in [0.1, 0.15) is 17.3 Å². The maximum Gasteiger partial charge on any atom is 0.274 e. The van der Waals surface area contributed by atoms with Gasteiger partial charge in [-0.1, -0.05) is 6.92 Å². The molecule has 7 heteroatoms. The molecule has 0 saturated carbocycles. The summed E-state index contributed by atoms with van der Waals surface area (Å²) in [6.07, 6.45) is 4.12. The highest BCUT2D eigenvalue weighted by Crippen LogP contribution is 2.17. The largest absolute Gasteiger partial charge is 0.369 e. The summed E-state index contributed by atoms with van der Waals surface area (Å²) in [6.45, 7) is 5.53. The summed E-state index contributed by atoms with van der Waals surface area (Å²) in [6, 6.07) is 6.44. The number of nitrogens with zero attached hydrogens (tertiary/aromatic N) is 4. The molecule has 3 rings (SSSR count). The molecule has 132 valence electrons. The van der Waals surface area contributed by atoms with Crippen molar-refractivity contribution in [3.63, 3.8) is 0 Å². The van der Waals surface area contributed by atoms with Gasteiger partial charge in [-0.05, 0) is 30.7 Å². The van der Waals surface area contributed by atoms with E-state index in [9.17, 15) is 9.18 Å². The molecular formula is C18H22FN5O. The minimum Gasteiger partial charge on any atom is -0.369 e. The van der Waals surface area contributed by atoms with Crippen LogP contribution in [-0.2, 0) is 0 Å². The number of nitrogens with one attached hydrogen (secondary N) is 1. The maximum absolute atomic E-state index is 13.0. The molecule has 1 fully saturated rings. The zero-order chi connectivity index (χ0) is 17.6. The lowest BCUT2D eigenvalue weighted by Crippen LogP contribution is -2.49. The van der Waals surface area contributed by atoms with Crippen molar-refractivity contribution < 1.29 is 9.18 Å². The Balaban J connectivity index is 1.56. The molecule has 1 N–H and O–H groups in total. The number of aromatic nitrogens is 2. The smallest absolute Gasteiger partial charge is 0.274 e. The minimum absolute atomic E-state index is 0.103. The van der Waals surface area contributed by atoms with Crippen molar-refractivity contribution >= 4 is 17.4 Å². The molecule has 0 atom stereocenters. The zero-order valence-corrected chi connectivity index (χ0v) is 14.3. The number of amides is 1. The highest BCUT2D eigenvalue weighted by molar-refractivity contribution is 5.92. The molecule has 1 amide bonds. The number of carbonyl (C=O) groups is 1. The zero-order valence-electron chi connectivity index (χ0n) is 14.3. The second kappa shape index (κ2) is 7.92. The second-order valence-corrected chi connectivity index (χ2v) is 5.97. The summed E-state index contributed by atoms with van der Waals surface area (Å²) >= 11 is 0. The third-order valence-corrected chi connectivity index (χ3v) is 4.19. The number of carbonyl (C=O) groups excluding carboxylic acids is 1. The van der Waals surface area contributed by atoms with Gasteiger partial charge < -0.3 is 15.1 Å². The van der Waals surface area contributed by atoms with Gasteiger partial charge in [-0.25, -0.2) is 14.4 Å². The number of halogens is 1. The van der Waals surface area contributed by atoms with Crippen LogP contribution in [0.2, 0.25) is 0 Å². The van der Waals surface area contributed by atoms with Crippen LogP contribution in [0.1, 0.15) is 23.8 Å². The predicted molar refractivity (Wildman–Crippen MR) is 95.3 cm³/mol. The van der Waals surface area contributed by atoms with E-state index in [1.165, 1.54) is 18.3 Å². The van der Waals surface area contributed by atoms with Crippen LogP contribution in [0.4, 0.5) is 15.9 Å². The lowest BCUT2D eigenvalue weighted by Gasteiger charge is -2.35. The van der Waals surface area contributed by atoms with Crippen molar-refractivity contribution in [2.45, 2.75) is 13.3 Å². The summed E-state index contributed by atoms with van der Waals surface area (Å²) in [7, 11) is 0. The van der Waals surface area contributed by atoms with Crippen molar-refractivity contribution in [2.75, 3.05) is 42.9 Å². The van der Waals surface area contributed by atoms with Crippen molar-refractivity contribution in [3.05, 3.63) is 48.2 Å². The molecule has 1 aliphatic heterocycles. The van der Waals surface area contributed by atoms with E-state index in [1.54, 1.807) is 23.2 Å². The van der Waals surface area contributed by atoms with Gasteiger partial charge in [-0.15, -0.1) is 0 Å². The molecule has 0 aliphatic carbocycles. The summed E-state index contributed by atoms with van der Waals surface area (Å²) in [5.41, 5.74) is 1.33. The van der Waals surface area contributed by atoms with E-state index in [1.807, 2.05) is 0 Å². The molecule has 1 aromatic carbocycles. The number of benzene rings is 1. The molecule has 25 heavy (non-hydrogen) atoms. The SMILES string of the molecule is CCCNc1cnc(C(=O)N2CCN(c3ccc(F)cc3)CC2)cn1. The van der Waals surface area contributed by atoms with Crippen LogP contribution >= 0.6 is 0 Å². The van der Waals surface area contributed by atoms with E-state index >= 15 is 0 Å². The Morgan fingerprint density at radius 3 is 2.44 bits per heavy atom. The van der Waals surface area contributed by atoms with E-state index in [-0.39, 0.29) is 11.7 Å². The van der Waals surface area contributed by atoms with Gasteiger partial charge >= 0.3 is 0 Å². The van der Waals surface area contributed by atoms with Gasteiger partial charge in [0.25, 0.3) is 5.91 Å². The van der Waals surface area contributed by atoms with Gasteiger partial charge in [0.05, 0.1) is 12.4 Å². The van der Waals surface area contributed by atoms with Crippen LogP contribution in [0.5, 0.6) is 0 Å². The van der Waals surface area contributed by atoms with Crippen LogP contribution in [0, 0.1) is 5.82 Å². The quantitative estimate of drug-likeness (QED) is 0.903. The maximum atomic E-state index is 13.0. The normalized spacial score (nSPS) is 14.5. The van der Waals surface area contributed by atoms with Gasteiger partial charge in [-0.2, -0.15) is 0 Å². The monoisotopic (exact) mass is 343 g/mol. The summed E-state index contributed by atoms with van der Waals surface area (Å²) in [4.78, 5) is 24.9. The standard InChI is InChI=1S/C18H22FN5O/c1-2-7-20-17-13-21-16(12-22-17)18(25)24-10-8-23(9-11-24)15-5-3-14(19)4-6-15/h3-6,12-13H,2,7-11H2,1H3,(H,20,22). The van der Waals surface area contributed by atoms with Crippen LogP contribution < -0.4 is 10.2 Å². The Morgan fingerprint density at radius 2 is 1.84 bits per heavy atom. The number of rotatable bonds is 5. The fourth-order valence-corrected chi connectivity index (χ4v) is 2.76. The third-order valence-electron chi connectivity index (χ3n) is 4.19. The fourth-order valence-electron chi connectivity index (χ4n) is 2.76. The molecule has 2 aromatic rings. The summed E-state index contributed by atoms with van der Waals surface area (Å²) in [5.74, 6) is 0.334. The Hall–Kier alpha value is -2.70. The Labute approximate surface area is 146 Å². The summed E-state index contributed by atoms with van der Waals surface area (Å²) in [5, 5.41) is 3.14. The number of hydrogen-bond acceptors (Lipinski definition) is 5. The van der Waals surface area contributed by atoms with Crippen molar-refractivity contribution in [3.8, 4) is 0 Å². The first-order chi connectivity index (χ1) is 12.2. The minimum atomic E-state index is -0.243. The molecule has 1 aliphatic rings. The van der Waals surface area contributed by atoms with E-state index in [0.29, 0.717) is 37.7 Å². The van der Waals surface area contributed by atoms with Gasteiger partial charge in [0, 0.05) is 38.4 Å². The predicted octanol–water partition coefficient (Wildman–Crippen LogP) is 2.40. The number of hydrogen-bond donors (Lipinski definition) is 1. The molecular weight excluding hydrogens is 321 g/mol. The second-order valence-electron chi connectivity index (χ2n) is 5.97. The van der Waals surface area contributed by atoms with Gasteiger partial charge in [-0.3, -0.25) is 4.79 Å². The number of piperazine rings is 1. The first kappa shape index (κ1) is 17.1. The molecule has 1 aromatic heterocycles. The van der Waals surface area contributed by atoms with Gasteiger partial charge in [0.15, 0.2) is 0 Å². The molecule has 6 nitrogen and oxygen atoms in total. The highest BCUT2D eigenvalue weighted by Gasteiger charge is 2.23. The van der Waals surface area contributed by atoms with E-state index < -0.39 is 0 Å². The average Bonchev–Trinajstić information content (AvgIpc) is 2.67. The fraction of sp³-hybridized carbons (Fsp3) is 0.389. The first-order valence-electron chi connectivity index (χ1n) is 8.53. The molecule has 1 saturated heterocycles. The van der Waals surface area contributed by atoms with Crippen molar-refractivity contribution in [1.29, 1.82) is 0 Å². The molecule has 0 spiro atoms. The Bertz CT molecular complexity index is 696. The third kappa shape index (κ3) is 4.23. The van der Waals surface area contributed by atoms with E-state index in [2.05, 4.69) is 27.1 Å². The van der Waals surface area contributed by atoms with Crippen LogP contribution in [0.3, 0.4) is 0 Å². The van der Waals surface area contributed by atoms with E-state index in [4.69, 9.17) is 0 Å². The lowest BCUT2D eigenvalue weighted by atomic mass is 10.2. The molecule has 2 heterocycles. The topological polar surface area (TPSA) is 61.4 Å². The van der Waals surface area contributed by atoms with Crippen LogP contribution in [0.25, 0.3) is 0 Å². The molecule has 0 radical (unpaired) electrons. The highest BCUT2D eigenvalue weighted by atomic mass is 19.1. The van der Waals surface area contributed by atoms with Crippen LogP contribution in [-0.4, -0.2) is 53.5 Å². The van der Waals surface area contributed by atoms with Gasteiger partial charge in [0.2, 0.25) is 0 Å². The first-order valence-corrected chi connectivity index (χ1v) is 8.53. The molecule has 0 bridgehead atoms. The van der Waals surface area contributed by atoms with E-state index in [0.717, 1.165) is 18.7 Å². The van der Waals surface area contributed by atoms with Crippen molar-refractivity contribution in [2.24, 2.45) is 0 Å². The van der Waals surface area contributed by atoms with Crippen LogP contribution in [0.15, 0.2) is 36.7 Å². The Kier molecular flexibility index (Phi) is 5.42. The summed E-state index contributed by atoms with van der Waals surface area (Å²) < 4.78 is 13.0. The number of anilines is 2. The lowest BCUT2D eigenvalue weighted by molar-refractivity contribution is 0.0740. The molecule has 0 unspecified atom stereocenters. The average molecular weight is 343 g/mol.